The third-order valence-corrected chi connectivity index (χ3v) is 9.74. The molecular formula is C32H51N5O11S2. The van der Waals surface area contributed by atoms with Crippen molar-refractivity contribution < 1.29 is 50.5 Å². The lowest BCUT2D eigenvalue weighted by molar-refractivity contribution is -0.139. The van der Waals surface area contributed by atoms with E-state index < -0.39 is 43.5 Å². The lowest BCUT2D eigenvalue weighted by atomic mass is 9.89. The number of phenols is 1. The first-order valence-electron chi connectivity index (χ1n) is 15.8. The normalized spacial score (nSPS) is 14.5. The quantitative estimate of drug-likeness (QED) is 0.105. The topological polar surface area (TPSA) is 272 Å². The number of nitrogens with zero attached hydrogens (tertiary/aromatic N) is 2. The Balaban J connectivity index is 0.000000640. The number of rotatable bonds is 10. The third-order valence-electron chi connectivity index (χ3n) is 7.43. The number of sulfone groups is 1. The van der Waals surface area contributed by atoms with E-state index in [4.69, 9.17) is 33.7 Å². The maximum atomic E-state index is 14.4. The molecule has 0 spiro atoms. The average Bonchev–Trinajstić information content (AvgIpc) is 2.99. The lowest BCUT2D eigenvalue weighted by Gasteiger charge is -2.30. The van der Waals surface area contributed by atoms with Gasteiger partial charge in [0.05, 0.1) is 11.5 Å². The number of guanidine groups is 1. The van der Waals surface area contributed by atoms with E-state index in [0.29, 0.717) is 17.7 Å². The van der Waals surface area contributed by atoms with Crippen LogP contribution in [0.3, 0.4) is 0 Å². The Morgan fingerprint density at radius 3 is 1.82 bits per heavy atom. The molecule has 0 radical (unpaired) electrons. The van der Waals surface area contributed by atoms with Gasteiger partial charge < -0.3 is 36.6 Å². The monoisotopic (exact) mass is 745 g/mol. The van der Waals surface area contributed by atoms with Gasteiger partial charge in [-0.1, -0.05) is 65.8 Å². The molecule has 18 heteroatoms. The average molecular weight is 746 g/mol. The fourth-order valence-corrected chi connectivity index (χ4v) is 7.38. The zero-order valence-electron chi connectivity index (χ0n) is 29.5. The minimum absolute atomic E-state index is 0.0607. The summed E-state index contributed by atoms with van der Waals surface area (Å²) in [6.45, 7) is 17.0. The van der Waals surface area contributed by atoms with E-state index in [9.17, 15) is 28.2 Å². The van der Waals surface area contributed by atoms with Gasteiger partial charge >= 0.3 is 22.5 Å². The Morgan fingerprint density at radius 2 is 1.44 bits per heavy atom. The number of nitrogens with one attached hydrogen (secondary N) is 1. The van der Waals surface area contributed by atoms with Crippen molar-refractivity contribution in [1.29, 1.82) is 0 Å². The summed E-state index contributed by atoms with van der Waals surface area (Å²) in [7, 11) is -9.36. The van der Waals surface area contributed by atoms with Crippen LogP contribution in [0.5, 0.6) is 5.75 Å². The number of hydrogen-bond acceptors (Lipinski definition) is 10. The number of nitrogens with two attached hydrogens (primary N) is 2. The molecule has 0 aliphatic carbocycles. The maximum Gasteiger partial charge on any atom is 0.409 e. The standard InChI is InChI=1S/C25H35N3O5S.C7H14N2O2.H2O4S/c1-14(2)18-11-20(15(3)4)22(21(12-18)16(5)6)34(32,33)25(23(30)31,28-24(26)27)13-17-8-7-9-19(29)10-17;1-2-11-7(10)9-5-3-8-4-6-9;1-5(2,3)4/h7-12,14-16,29H,13H2,1-6H3,(H,30,31)(H4,26,27,28);8H,2-6H2,1H3;(H2,1,2,3,4)/t25-;;/m1../s1. The van der Waals surface area contributed by atoms with Gasteiger partial charge in [0.1, 0.15) is 5.75 Å². The van der Waals surface area contributed by atoms with Crippen molar-refractivity contribution in [3.8, 4) is 5.75 Å². The zero-order valence-corrected chi connectivity index (χ0v) is 31.1. The molecule has 1 aliphatic rings. The molecule has 0 aromatic heterocycles. The van der Waals surface area contributed by atoms with Gasteiger partial charge in [-0.05, 0) is 59.1 Å². The number of benzene rings is 2. The smallest absolute Gasteiger partial charge is 0.409 e. The molecule has 2 aromatic rings. The van der Waals surface area contributed by atoms with Crippen molar-refractivity contribution in [2.45, 2.75) is 82.4 Å². The van der Waals surface area contributed by atoms with Crippen molar-refractivity contribution in [3.05, 3.63) is 58.7 Å². The molecule has 50 heavy (non-hydrogen) atoms. The summed E-state index contributed by atoms with van der Waals surface area (Å²) >= 11 is 0. The highest BCUT2D eigenvalue weighted by Gasteiger charge is 2.54. The van der Waals surface area contributed by atoms with Gasteiger partial charge in [0.25, 0.3) is 4.87 Å². The molecule has 1 amide bonds. The number of amides is 1. The van der Waals surface area contributed by atoms with Crippen molar-refractivity contribution in [2.24, 2.45) is 16.5 Å². The number of phenolic OH excluding ortho intramolecular Hbond substituents is 1. The predicted molar refractivity (Wildman–Crippen MR) is 190 cm³/mol. The van der Waals surface area contributed by atoms with E-state index in [0.717, 1.165) is 31.7 Å². The van der Waals surface area contributed by atoms with Crippen LogP contribution in [-0.4, -0.2) is 96.7 Å². The van der Waals surface area contributed by atoms with Gasteiger partial charge in [0.2, 0.25) is 9.84 Å². The van der Waals surface area contributed by atoms with E-state index >= 15 is 0 Å². The number of ether oxygens (including phenoxy) is 1. The molecule has 1 saturated heterocycles. The van der Waals surface area contributed by atoms with Crippen LogP contribution in [0.15, 0.2) is 46.3 Å². The minimum atomic E-state index is -4.69. The Bertz CT molecular complexity index is 1670. The molecule has 0 saturated carbocycles. The van der Waals surface area contributed by atoms with Gasteiger partial charge in [-0.2, -0.15) is 8.42 Å². The van der Waals surface area contributed by atoms with Gasteiger partial charge in [-0.3, -0.25) is 9.11 Å². The molecule has 9 N–H and O–H groups in total. The second kappa shape index (κ2) is 18.9. The van der Waals surface area contributed by atoms with Crippen LogP contribution < -0.4 is 16.8 Å². The number of carboxylic acids is 1. The Morgan fingerprint density at radius 1 is 0.940 bits per heavy atom. The van der Waals surface area contributed by atoms with Crippen molar-refractivity contribution in [2.75, 3.05) is 32.8 Å². The van der Waals surface area contributed by atoms with Gasteiger partial charge in [-0.25, -0.2) is 23.0 Å². The molecule has 1 atom stereocenters. The van der Waals surface area contributed by atoms with Crippen molar-refractivity contribution in [3.63, 3.8) is 0 Å². The summed E-state index contributed by atoms with van der Waals surface area (Å²) in [6, 6.07) is 9.36. The predicted octanol–water partition coefficient (Wildman–Crippen LogP) is 3.23. The number of aromatic hydroxyl groups is 1. The van der Waals surface area contributed by atoms with Crippen molar-refractivity contribution in [1.82, 2.24) is 10.2 Å². The molecule has 1 heterocycles. The molecule has 282 valence electrons. The van der Waals surface area contributed by atoms with Crippen LogP contribution in [0.2, 0.25) is 0 Å². The zero-order chi connectivity index (χ0) is 38.6. The van der Waals surface area contributed by atoms with E-state index in [1.54, 1.807) is 4.90 Å². The SMILES string of the molecule is CC(C)c1cc(C(C)C)c(S(=O)(=O)[C@@](Cc2cccc(O)c2)(N=C(N)N)C(=O)O)c(C(C)C)c1.CCOC(=O)N1CCNCC1.O=S(=O)(O)O. The van der Waals surface area contributed by atoms with Crippen LogP contribution in [0.4, 0.5) is 4.79 Å². The van der Waals surface area contributed by atoms with E-state index in [1.165, 1.54) is 24.3 Å². The molecule has 0 unspecified atom stereocenters. The first kappa shape index (κ1) is 44.1. The molecular weight excluding hydrogens is 695 g/mol. The number of hydrogen-bond donors (Lipinski definition) is 7. The summed E-state index contributed by atoms with van der Waals surface area (Å²) in [5, 5.41) is 23.4. The van der Waals surface area contributed by atoms with Crippen LogP contribution in [0, 0.1) is 0 Å². The first-order valence-corrected chi connectivity index (χ1v) is 18.7. The van der Waals surface area contributed by atoms with Gasteiger partial charge in [-0.15, -0.1) is 0 Å². The highest BCUT2D eigenvalue weighted by molar-refractivity contribution is 7.93. The van der Waals surface area contributed by atoms with E-state index in [1.807, 2.05) is 60.6 Å². The fraction of sp³-hybridized carbons (Fsp3) is 0.531. The summed E-state index contributed by atoms with van der Waals surface area (Å²) in [5.74, 6) is -2.80. The lowest BCUT2D eigenvalue weighted by Crippen LogP contribution is -2.49. The second-order valence-electron chi connectivity index (χ2n) is 12.4. The molecule has 16 nitrogen and oxygen atoms in total. The molecule has 2 aromatic carbocycles. The molecule has 1 aliphatic heterocycles. The summed E-state index contributed by atoms with van der Waals surface area (Å²) in [6.07, 6.45) is -0.758. The highest BCUT2D eigenvalue weighted by atomic mass is 32.3. The number of aliphatic imine (C=N–C) groups is 1. The second-order valence-corrected chi connectivity index (χ2v) is 15.3. The number of piperazine rings is 1. The van der Waals surface area contributed by atoms with Crippen LogP contribution in [0.1, 0.15) is 88.5 Å². The number of carbonyl (C=O) groups excluding carboxylic acids is 1. The maximum absolute atomic E-state index is 14.4. The Hall–Kier alpha value is -3.97. The van der Waals surface area contributed by atoms with Crippen LogP contribution in [0.25, 0.3) is 0 Å². The number of carboxylic acid groups (broad SMARTS) is 1. The summed E-state index contributed by atoms with van der Waals surface area (Å²) < 4.78 is 65.2. The van der Waals surface area contributed by atoms with Gasteiger partial charge in [0, 0.05) is 32.6 Å². The summed E-state index contributed by atoms with van der Waals surface area (Å²) in [5.41, 5.74) is 13.4. The van der Waals surface area contributed by atoms with E-state index in [2.05, 4.69) is 10.3 Å². The highest BCUT2D eigenvalue weighted by Crippen LogP contribution is 2.41. The molecule has 1 fully saturated rings. The van der Waals surface area contributed by atoms with E-state index in [-0.39, 0.29) is 40.1 Å². The van der Waals surface area contributed by atoms with Crippen molar-refractivity contribution >= 4 is 38.3 Å². The largest absolute Gasteiger partial charge is 0.508 e. The van der Waals surface area contributed by atoms with Gasteiger partial charge in [0.15, 0.2) is 5.96 Å². The fourth-order valence-electron chi connectivity index (χ4n) is 5.02. The van der Waals surface area contributed by atoms with Crippen LogP contribution >= 0.6 is 0 Å². The molecule has 3 rings (SSSR count). The molecule has 0 bridgehead atoms. The Labute approximate surface area is 294 Å². The first-order chi connectivity index (χ1) is 23.0. The summed E-state index contributed by atoms with van der Waals surface area (Å²) in [4.78, 5) is 26.6. The number of aliphatic carboxylic acids is 1. The third kappa shape index (κ3) is 12.7. The van der Waals surface area contributed by atoms with Crippen LogP contribution in [-0.2, 0) is 36.2 Å². The Kier molecular flexibility index (Phi) is 16.6. The number of carbonyl (C=O) groups is 2. The minimum Gasteiger partial charge on any atom is -0.508 e.